The van der Waals surface area contributed by atoms with Crippen LogP contribution < -0.4 is 10.1 Å². The zero-order chi connectivity index (χ0) is 25.3. The van der Waals surface area contributed by atoms with Gasteiger partial charge in [-0.05, 0) is 67.9 Å². The van der Waals surface area contributed by atoms with Crippen LogP contribution in [-0.4, -0.2) is 27.9 Å². The molecule has 2 atom stereocenters. The van der Waals surface area contributed by atoms with Crippen molar-refractivity contribution in [3.8, 4) is 11.4 Å². The zero-order valence-electron chi connectivity index (χ0n) is 18.6. The Labute approximate surface area is 204 Å². The largest absolute Gasteiger partial charge is 0.484 e. The number of fused-ring (bicyclic) bond motifs is 1. The minimum atomic E-state index is -5.08. The first-order chi connectivity index (χ1) is 16.5. The number of halogens is 5. The first-order valence-corrected chi connectivity index (χ1v) is 10.6. The van der Waals surface area contributed by atoms with Crippen molar-refractivity contribution < 1.29 is 31.5 Å². The molecule has 0 radical (unpaired) electrons. The van der Waals surface area contributed by atoms with Crippen LogP contribution in [0.2, 0.25) is 0 Å². The van der Waals surface area contributed by atoms with E-state index in [4.69, 9.17) is 4.74 Å². The lowest BCUT2D eigenvalue weighted by Gasteiger charge is -2.28. The quantitative estimate of drug-likeness (QED) is 0.307. The lowest BCUT2D eigenvalue weighted by molar-refractivity contribution is -0.174. The Balaban J connectivity index is 0.00000361. The number of hydrogen-bond acceptors (Lipinski definition) is 3. The Hall–Kier alpha value is -3.95. The molecule has 4 aromatic rings. The second-order valence-corrected chi connectivity index (χ2v) is 8.01. The highest BCUT2D eigenvalue weighted by molar-refractivity contribution is 5.82. The summed E-state index contributed by atoms with van der Waals surface area (Å²) >= 11 is 0. The van der Waals surface area contributed by atoms with Gasteiger partial charge in [0.15, 0.2) is 0 Å². The van der Waals surface area contributed by atoms with Gasteiger partial charge >= 0.3 is 12.1 Å². The number of nitrogens with one attached hydrogen (secondary N) is 1. The summed E-state index contributed by atoms with van der Waals surface area (Å²) in [6.07, 6.45) is -4.64. The van der Waals surface area contributed by atoms with Crippen molar-refractivity contribution in [3.63, 3.8) is 0 Å². The minimum absolute atomic E-state index is 0. The second kappa shape index (κ2) is 10.3. The molecule has 36 heavy (non-hydrogen) atoms. The van der Waals surface area contributed by atoms with Gasteiger partial charge in [0.1, 0.15) is 23.5 Å². The summed E-state index contributed by atoms with van der Waals surface area (Å²) in [5.41, 5.74) is 1.80. The molecule has 0 aliphatic heterocycles. The number of rotatable bonds is 6. The summed E-state index contributed by atoms with van der Waals surface area (Å²) in [4.78, 5) is 11.5. The highest BCUT2D eigenvalue weighted by Gasteiger charge is 2.40. The second-order valence-electron chi connectivity index (χ2n) is 8.01. The number of ether oxygens (including phenoxy) is 1. The van der Waals surface area contributed by atoms with Crippen molar-refractivity contribution in [2.75, 3.05) is 0 Å². The zero-order valence-corrected chi connectivity index (χ0v) is 18.6. The molecule has 0 fully saturated rings. The average Bonchev–Trinajstić information content (AvgIpc) is 3.22. The molecule has 0 aliphatic carbocycles. The van der Waals surface area contributed by atoms with E-state index in [1.54, 1.807) is 41.2 Å². The summed E-state index contributed by atoms with van der Waals surface area (Å²) in [6.45, 7) is 2.83. The van der Waals surface area contributed by atoms with Gasteiger partial charge in [-0.3, -0.25) is 4.79 Å². The average molecular weight is 505 g/mol. The summed E-state index contributed by atoms with van der Waals surface area (Å²) in [6, 6.07) is 13.7. The van der Waals surface area contributed by atoms with Gasteiger partial charge in [-0.1, -0.05) is 19.6 Å². The van der Waals surface area contributed by atoms with Crippen molar-refractivity contribution >= 4 is 16.8 Å². The highest BCUT2D eigenvalue weighted by Crippen LogP contribution is 2.31. The van der Waals surface area contributed by atoms with E-state index in [1.807, 2.05) is 5.32 Å². The van der Waals surface area contributed by atoms with E-state index in [-0.39, 0.29) is 24.6 Å². The monoisotopic (exact) mass is 505 g/mol. The molecule has 4 rings (SSSR count). The molecule has 1 N–H and O–H groups in total. The number of benzene rings is 3. The van der Waals surface area contributed by atoms with Crippen LogP contribution in [0.5, 0.6) is 5.75 Å². The molecule has 190 valence electrons. The SMILES string of the molecule is C.Cc1c(F)cccc1[C@@H](Oc1ccc2c(cnn2-c2ccc(F)cc2)c1)[C@H](C)NC(=O)C(F)(F)F. The Morgan fingerprint density at radius 1 is 1.06 bits per heavy atom. The number of carbonyl (C=O) groups excluding carboxylic acids is 1. The molecule has 1 heterocycles. The molecule has 1 aromatic heterocycles. The lowest BCUT2D eigenvalue weighted by Crippen LogP contribution is -2.45. The topological polar surface area (TPSA) is 56.1 Å². The molecular formula is C26H24F5N3O2. The Morgan fingerprint density at radius 3 is 2.42 bits per heavy atom. The summed E-state index contributed by atoms with van der Waals surface area (Å²) < 4.78 is 73.6. The fraction of sp³-hybridized carbons (Fsp3) is 0.231. The Morgan fingerprint density at radius 2 is 1.75 bits per heavy atom. The summed E-state index contributed by atoms with van der Waals surface area (Å²) in [7, 11) is 0. The van der Waals surface area contributed by atoms with E-state index in [0.717, 1.165) is 0 Å². The first-order valence-electron chi connectivity index (χ1n) is 10.6. The summed E-state index contributed by atoms with van der Waals surface area (Å²) in [5.74, 6) is -2.78. The van der Waals surface area contributed by atoms with Crippen molar-refractivity contribution in [1.29, 1.82) is 0 Å². The standard InChI is InChI=1S/C25H20F5N3O2.CH4/c1-14-20(4-3-5-21(14)27)23(15(2)32-24(34)25(28,29)30)35-19-10-11-22-16(12-19)13-31-33(22)18-8-6-17(26)7-9-18;/h3-13,15,23H,1-2H3,(H,32,34);1H4/t15-,23-;/m0./s1. The third-order valence-corrected chi connectivity index (χ3v) is 5.56. The third-order valence-electron chi connectivity index (χ3n) is 5.56. The van der Waals surface area contributed by atoms with Crippen molar-refractivity contribution in [2.45, 2.75) is 39.6 Å². The minimum Gasteiger partial charge on any atom is -0.484 e. The molecular weight excluding hydrogens is 481 g/mol. The number of nitrogens with zero attached hydrogens (tertiary/aromatic N) is 2. The predicted octanol–water partition coefficient (Wildman–Crippen LogP) is 6.44. The van der Waals surface area contributed by atoms with Crippen LogP contribution in [-0.2, 0) is 4.79 Å². The van der Waals surface area contributed by atoms with Crippen LogP contribution in [0.4, 0.5) is 22.0 Å². The maximum atomic E-state index is 14.2. The van der Waals surface area contributed by atoms with Crippen LogP contribution in [0.1, 0.15) is 31.6 Å². The number of hydrogen-bond donors (Lipinski definition) is 1. The molecule has 0 unspecified atom stereocenters. The van der Waals surface area contributed by atoms with Gasteiger partial charge in [-0.15, -0.1) is 0 Å². The normalized spacial score (nSPS) is 13.1. The van der Waals surface area contributed by atoms with Gasteiger partial charge in [0.2, 0.25) is 0 Å². The molecule has 0 spiro atoms. The number of alkyl halides is 3. The van der Waals surface area contributed by atoms with E-state index >= 15 is 0 Å². The van der Waals surface area contributed by atoms with Gasteiger partial charge in [0, 0.05) is 10.9 Å². The maximum absolute atomic E-state index is 14.2. The van der Waals surface area contributed by atoms with Gasteiger partial charge < -0.3 is 10.1 Å². The first kappa shape index (κ1) is 26.7. The maximum Gasteiger partial charge on any atom is 0.471 e. The van der Waals surface area contributed by atoms with Gasteiger partial charge in [-0.25, -0.2) is 13.5 Å². The molecule has 0 saturated heterocycles. The van der Waals surface area contributed by atoms with Crippen molar-refractivity contribution in [1.82, 2.24) is 15.1 Å². The lowest BCUT2D eigenvalue weighted by atomic mass is 9.98. The van der Waals surface area contributed by atoms with E-state index in [2.05, 4.69) is 5.10 Å². The molecule has 3 aromatic carbocycles. The van der Waals surface area contributed by atoms with Crippen LogP contribution in [0.15, 0.2) is 66.9 Å². The van der Waals surface area contributed by atoms with E-state index in [0.29, 0.717) is 22.2 Å². The van der Waals surface area contributed by atoms with Gasteiger partial charge in [0.25, 0.3) is 0 Å². The van der Waals surface area contributed by atoms with E-state index in [9.17, 15) is 26.7 Å². The Bertz CT molecular complexity index is 1370. The molecule has 5 nitrogen and oxygen atoms in total. The predicted molar refractivity (Wildman–Crippen MR) is 126 cm³/mol. The van der Waals surface area contributed by atoms with Crippen LogP contribution in [0.3, 0.4) is 0 Å². The third kappa shape index (κ3) is 5.48. The van der Waals surface area contributed by atoms with Gasteiger partial charge in [-0.2, -0.15) is 18.3 Å². The van der Waals surface area contributed by atoms with Crippen LogP contribution in [0.25, 0.3) is 16.6 Å². The number of carbonyl (C=O) groups is 1. The highest BCUT2D eigenvalue weighted by atomic mass is 19.4. The summed E-state index contributed by atoms with van der Waals surface area (Å²) in [5, 5.41) is 6.85. The van der Waals surface area contributed by atoms with E-state index in [1.165, 1.54) is 44.2 Å². The number of aromatic nitrogens is 2. The molecule has 1 amide bonds. The fourth-order valence-electron chi connectivity index (χ4n) is 3.75. The van der Waals surface area contributed by atoms with Gasteiger partial charge in [0.05, 0.1) is 23.4 Å². The van der Waals surface area contributed by atoms with Crippen LogP contribution >= 0.6 is 0 Å². The number of amides is 1. The van der Waals surface area contributed by atoms with Crippen molar-refractivity contribution in [3.05, 3.63) is 89.6 Å². The van der Waals surface area contributed by atoms with Crippen molar-refractivity contribution in [2.24, 2.45) is 0 Å². The Kier molecular flexibility index (Phi) is 7.66. The molecule has 10 heteroatoms. The molecule has 0 aliphatic rings. The van der Waals surface area contributed by atoms with Crippen LogP contribution in [0, 0.1) is 18.6 Å². The smallest absolute Gasteiger partial charge is 0.471 e. The fourth-order valence-corrected chi connectivity index (χ4v) is 3.75. The van der Waals surface area contributed by atoms with E-state index < -0.39 is 30.0 Å². The molecule has 0 bridgehead atoms. The molecule has 0 saturated carbocycles.